The van der Waals surface area contributed by atoms with Gasteiger partial charge in [-0.25, -0.2) is 0 Å². The molecule has 0 unspecified atom stereocenters. The predicted molar refractivity (Wildman–Crippen MR) is 107 cm³/mol. The average molecular weight is 374 g/mol. The van der Waals surface area contributed by atoms with Crippen molar-refractivity contribution < 1.29 is 4.79 Å². The number of carbonyl (C=O) groups is 1. The van der Waals surface area contributed by atoms with Gasteiger partial charge in [-0.3, -0.25) is 4.79 Å². The van der Waals surface area contributed by atoms with Crippen LogP contribution in [0.1, 0.15) is 28.2 Å². The van der Waals surface area contributed by atoms with Crippen LogP contribution in [0, 0.1) is 20.8 Å². The van der Waals surface area contributed by atoms with Crippen molar-refractivity contribution in [3.63, 3.8) is 0 Å². The molecular formula is C21H22N6O. The molecular weight excluding hydrogens is 352 g/mol. The van der Waals surface area contributed by atoms with Crippen LogP contribution in [0.3, 0.4) is 0 Å². The minimum atomic E-state index is -0.0641. The van der Waals surface area contributed by atoms with Gasteiger partial charge in [0.15, 0.2) is 5.82 Å². The van der Waals surface area contributed by atoms with Crippen molar-refractivity contribution in [1.82, 2.24) is 30.5 Å². The van der Waals surface area contributed by atoms with E-state index in [1.807, 2.05) is 37.3 Å². The summed E-state index contributed by atoms with van der Waals surface area (Å²) in [6.45, 7) is 6.42. The Labute approximate surface area is 162 Å². The third-order valence-corrected chi connectivity index (χ3v) is 4.89. The second kappa shape index (κ2) is 7.26. The van der Waals surface area contributed by atoms with E-state index in [4.69, 9.17) is 0 Å². The number of aryl methyl sites for hydroxylation is 3. The van der Waals surface area contributed by atoms with E-state index in [0.717, 1.165) is 27.8 Å². The van der Waals surface area contributed by atoms with Gasteiger partial charge in [-0.1, -0.05) is 29.8 Å². The lowest BCUT2D eigenvalue weighted by Gasteiger charge is -2.07. The summed E-state index contributed by atoms with van der Waals surface area (Å²) in [4.78, 5) is 16.0. The van der Waals surface area contributed by atoms with Gasteiger partial charge in [-0.05, 0) is 60.5 Å². The molecule has 0 saturated carbocycles. The molecule has 7 heteroatoms. The Kier molecular flexibility index (Phi) is 4.65. The molecule has 1 amide bonds. The number of carbonyl (C=O) groups excluding carboxylic acids is 1. The number of benzene rings is 2. The number of nitrogens with one attached hydrogen (secondary N) is 2. The van der Waals surface area contributed by atoms with Crippen LogP contribution in [0.15, 0.2) is 42.5 Å². The molecule has 0 spiro atoms. The van der Waals surface area contributed by atoms with Crippen molar-refractivity contribution in [2.24, 2.45) is 0 Å². The molecule has 0 aliphatic rings. The van der Waals surface area contributed by atoms with Gasteiger partial charge in [0.05, 0.1) is 18.7 Å². The molecule has 0 aliphatic carbocycles. The third-order valence-electron chi connectivity index (χ3n) is 4.89. The first-order valence-corrected chi connectivity index (χ1v) is 9.20. The number of H-pyrrole nitrogens is 1. The molecule has 0 saturated heterocycles. The van der Waals surface area contributed by atoms with Crippen LogP contribution in [0.2, 0.25) is 0 Å². The zero-order valence-corrected chi connectivity index (χ0v) is 16.2. The standard InChI is InChI=1S/C21H22N6O/c1-13-9-14(2)21-18(10-13)17(15(3)23-21)11-20(28)22-12-19-24-25-26-27(19)16-7-5-4-6-8-16/h4-10,23H,11-12H2,1-3H3,(H,22,28). The summed E-state index contributed by atoms with van der Waals surface area (Å²) in [6, 6.07) is 13.9. The lowest BCUT2D eigenvalue weighted by molar-refractivity contribution is -0.120. The molecule has 0 fully saturated rings. The van der Waals surface area contributed by atoms with Gasteiger partial charge in [-0.15, -0.1) is 5.10 Å². The van der Waals surface area contributed by atoms with Crippen molar-refractivity contribution in [2.75, 3.05) is 0 Å². The molecule has 28 heavy (non-hydrogen) atoms. The Morgan fingerprint density at radius 1 is 1.14 bits per heavy atom. The fraction of sp³-hybridized carbons (Fsp3) is 0.238. The summed E-state index contributed by atoms with van der Waals surface area (Å²) >= 11 is 0. The maximum atomic E-state index is 12.6. The second-order valence-corrected chi connectivity index (χ2v) is 7.03. The number of hydrogen-bond donors (Lipinski definition) is 2. The molecule has 0 aliphatic heterocycles. The van der Waals surface area contributed by atoms with Crippen LogP contribution in [0.25, 0.3) is 16.6 Å². The van der Waals surface area contributed by atoms with Crippen molar-refractivity contribution in [3.05, 3.63) is 70.7 Å². The highest BCUT2D eigenvalue weighted by Crippen LogP contribution is 2.26. The number of tetrazole rings is 1. The number of nitrogens with zero attached hydrogens (tertiary/aromatic N) is 4. The second-order valence-electron chi connectivity index (χ2n) is 7.03. The van der Waals surface area contributed by atoms with Gasteiger partial charge in [0.25, 0.3) is 0 Å². The fourth-order valence-corrected chi connectivity index (χ4v) is 3.55. The van der Waals surface area contributed by atoms with Crippen molar-refractivity contribution in [1.29, 1.82) is 0 Å². The zero-order chi connectivity index (χ0) is 19.7. The SMILES string of the molecule is Cc1cc(C)c2[nH]c(C)c(CC(=O)NCc3nnnn3-c3ccccc3)c2c1. The number of aromatic nitrogens is 5. The fourth-order valence-electron chi connectivity index (χ4n) is 3.55. The summed E-state index contributed by atoms with van der Waals surface area (Å²) in [5, 5.41) is 15.8. The summed E-state index contributed by atoms with van der Waals surface area (Å²) in [7, 11) is 0. The number of fused-ring (bicyclic) bond motifs is 1. The first-order valence-electron chi connectivity index (χ1n) is 9.20. The highest BCUT2D eigenvalue weighted by molar-refractivity contribution is 5.92. The highest BCUT2D eigenvalue weighted by atomic mass is 16.1. The Balaban J connectivity index is 1.50. The molecule has 4 rings (SSSR count). The molecule has 0 atom stereocenters. The first kappa shape index (κ1) is 17.9. The molecule has 4 aromatic rings. The maximum absolute atomic E-state index is 12.6. The van der Waals surface area contributed by atoms with Crippen LogP contribution in [0.5, 0.6) is 0 Å². The Morgan fingerprint density at radius 2 is 1.93 bits per heavy atom. The molecule has 2 N–H and O–H groups in total. The van der Waals surface area contributed by atoms with E-state index in [1.165, 1.54) is 11.1 Å². The first-order chi connectivity index (χ1) is 13.5. The number of hydrogen-bond acceptors (Lipinski definition) is 4. The van der Waals surface area contributed by atoms with E-state index in [0.29, 0.717) is 12.2 Å². The lowest BCUT2D eigenvalue weighted by Crippen LogP contribution is -2.26. The molecule has 2 heterocycles. The van der Waals surface area contributed by atoms with E-state index < -0.39 is 0 Å². The molecule has 2 aromatic heterocycles. The largest absolute Gasteiger partial charge is 0.358 e. The molecule has 142 valence electrons. The van der Waals surface area contributed by atoms with Crippen molar-refractivity contribution in [2.45, 2.75) is 33.7 Å². The zero-order valence-electron chi connectivity index (χ0n) is 16.2. The van der Waals surface area contributed by atoms with E-state index in [1.54, 1.807) is 4.68 Å². The Hall–Kier alpha value is -3.48. The molecule has 0 bridgehead atoms. The van der Waals surface area contributed by atoms with Gasteiger partial charge in [-0.2, -0.15) is 4.68 Å². The van der Waals surface area contributed by atoms with Gasteiger partial charge in [0, 0.05) is 16.6 Å². The monoisotopic (exact) mass is 374 g/mol. The topological polar surface area (TPSA) is 88.5 Å². The van der Waals surface area contributed by atoms with Crippen LogP contribution in [0.4, 0.5) is 0 Å². The van der Waals surface area contributed by atoms with Crippen LogP contribution < -0.4 is 5.32 Å². The van der Waals surface area contributed by atoms with Gasteiger partial charge in [0.1, 0.15) is 0 Å². The molecule has 0 radical (unpaired) electrons. The van der Waals surface area contributed by atoms with Crippen LogP contribution >= 0.6 is 0 Å². The number of amides is 1. The van der Waals surface area contributed by atoms with Gasteiger partial charge < -0.3 is 10.3 Å². The van der Waals surface area contributed by atoms with E-state index in [9.17, 15) is 4.79 Å². The van der Waals surface area contributed by atoms with Gasteiger partial charge in [0.2, 0.25) is 5.91 Å². The highest BCUT2D eigenvalue weighted by Gasteiger charge is 2.15. The van der Waals surface area contributed by atoms with Crippen molar-refractivity contribution >= 4 is 16.8 Å². The summed E-state index contributed by atoms with van der Waals surface area (Å²) < 4.78 is 1.63. The number of aromatic amines is 1. The number of rotatable bonds is 5. The summed E-state index contributed by atoms with van der Waals surface area (Å²) in [5.41, 5.74) is 6.38. The third kappa shape index (κ3) is 3.38. The summed E-state index contributed by atoms with van der Waals surface area (Å²) in [6.07, 6.45) is 0.307. The normalized spacial score (nSPS) is 11.1. The van der Waals surface area contributed by atoms with Crippen LogP contribution in [-0.4, -0.2) is 31.1 Å². The molecule has 2 aromatic carbocycles. The molecule has 7 nitrogen and oxygen atoms in total. The predicted octanol–water partition coefficient (Wildman–Crippen LogP) is 2.93. The summed E-state index contributed by atoms with van der Waals surface area (Å²) in [5.74, 6) is 0.521. The van der Waals surface area contributed by atoms with Gasteiger partial charge >= 0.3 is 0 Å². The van der Waals surface area contributed by atoms with E-state index in [2.05, 4.69) is 51.8 Å². The van der Waals surface area contributed by atoms with E-state index in [-0.39, 0.29) is 12.5 Å². The smallest absolute Gasteiger partial charge is 0.224 e. The quantitative estimate of drug-likeness (QED) is 0.562. The minimum Gasteiger partial charge on any atom is -0.358 e. The maximum Gasteiger partial charge on any atom is 0.224 e. The Bertz CT molecular complexity index is 1140. The lowest BCUT2D eigenvalue weighted by atomic mass is 10.0. The van der Waals surface area contributed by atoms with Crippen molar-refractivity contribution in [3.8, 4) is 5.69 Å². The Morgan fingerprint density at radius 3 is 2.71 bits per heavy atom. The average Bonchev–Trinajstić information content (AvgIpc) is 3.27. The van der Waals surface area contributed by atoms with E-state index >= 15 is 0 Å². The number of para-hydroxylation sites is 1. The minimum absolute atomic E-state index is 0.0641. The van der Waals surface area contributed by atoms with Crippen LogP contribution in [-0.2, 0) is 17.8 Å².